The Bertz CT molecular complexity index is 742. The first-order valence-corrected chi connectivity index (χ1v) is 8.69. The molecule has 2 aromatic rings. The lowest BCUT2D eigenvalue weighted by Crippen LogP contribution is -2.26. The van der Waals surface area contributed by atoms with Gasteiger partial charge in [-0.25, -0.2) is 17.9 Å². The van der Waals surface area contributed by atoms with E-state index in [4.69, 9.17) is 16.7 Å². The average molecular weight is 346 g/mol. The Balaban J connectivity index is 2.08. The van der Waals surface area contributed by atoms with E-state index in [0.29, 0.717) is 6.42 Å². The lowest BCUT2D eigenvalue weighted by molar-refractivity contribution is 0.0697. The molecule has 2 N–H and O–H groups in total. The minimum atomic E-state index is -3.70. The number of hydrogen-bond acceptors (Lipinski definition) is 4. The van der Waals surface area contributed by atoms with Gasteiger partial charge in [0.1, 0.15) is 0 Å². The fraction of sp³-hybridized carbons (Fsp3) is 0.154. The third-order valence-corrected chi connectivity index (χ3v) is 5.43. The van der Waals surface area contributed by atoms with Crippen LogP contribution in [0.5, 0.6) is 0 Å². The van der Waals surface area contributed by atoms with Crippen molar-refractivity contribution in [3.05, 3.63) is 51.2 Å². The van der Waals surface area contributed by atoms with E-state index in [1.54, 1.807) is 11.3 Å². The largest absolute Gasteiger partial charge is 0.478 e. The van der Waals surface area contributed by atoms with Gasteiger partial charge in [-0.1, -0.05) is 17.7 Å². The van der Waals surface area contributed by atoms with Crippen LogP contribution in [0.15, 0.2) is 40.6 Å². The molecule has 1 heterocycles. The second-order valence-electron chi connectivity index (χ2n) is 4.17. The molecule has 2 rings (SSSR count). The molecular weight excluding hydrogens is 334 g/mol. The van der Waals surface area contributed by atoms with Crippen LogP contribution in [-0.4, -0.2) is 26.0 Å². The summed E-state index contributed by atoms with van der Waals surface area (Å²) in [6, 6.07) is 7.37. The zero-order valence-corrected chi connectivity index (χ0v) is 13.1. The number of hydrogen-bond donors (Lipinski definition) is 2. The number of aromatic carboxylic acids is 1. The van der Waals surface area contributed by atoms with Crippen molar-refractivity contribution >= 4 is 38.9 Å². The highest BCUT2D eigenvalue weighted by Crippen LogP contribution is 2.21. The Morgan fingerprint density at radius 3 is 2.67 bits per heavy atom. The Kier molecular flexibility index (Phi) is 5.00. The summed E-state index contributed by atoms with van der Waals surface area (Å²) in [7, 11) is -3.70. The molecule has 1 aromatic carbocycles. The quantitative estimate of drug-likeness (QED) is 0.843. The lowest BCUT2D eigenvalue weighted by Gasteiger charge is -2.07. The van der Waals surface area contributed by atoms with Crippen LogP contribution in [0, 0.1) is 0 Å². The SMILES string of the molecule is O=C(O)c1ccc(S(=O)(=O)NCCc2cccs2)cc1Cl. The molecule has 5 nitrogen and oxygen atoms in total. The molecule has 0 unspecified atom stereocenters. The normalized spacial score (nSPS) is 11.5. The molecule has 1 aromatic heterocycles. The highest BCUT2D eigenvalue weighted by Gasteiger charge is 2.17. The van der Waals surface area contributed by atoms with Crippen molar-refractivity contribution in [1.29, 1.82) is 0 Å². The first-order valence-electron chi connectivity index (χ1n) is 5.95. The predicted octanol–water partition coefficient (Wildman–Crippen LogP) is 2.62. The Morgan fingerprint density at radius 2 is 2.10 bits per heavy atom. The molecule has 0 amide bonds. The van der Waals surface area contributed by atoms with Gasteiger partial charge in [-0.05, 0) is 36.1 Å². The summed E-state index contributed by atoms with van der Waals surface area (Å²) >= 11 is 7.33. The van der Waals surface area contributed by atoms with E-state index >= 15 is 0 Å². The zero-order valence-electron chi connectivity index (χ0n) is 10.7. The molecule has 0 aliphatic heterocycles. The number of sulfonamides is 1. The Morgan fingerprint density at radius 1 is 1.33 bits per heavy atom. The fourth-order valence-corrected chi connectivity index (χ4v) is 3.78. The van der Waals surface area contributed by atoms with E-state index < -0.39 is 16.0 Å². The van der Waals surface area contributed by atoms with Crippen molar-refractivity contribution in [2.75, 3.05) is 6.54 Å². The third kappa shape index (κ3) is 4.04. The molecule has 21 heavy (non-hydrogen) atoms. The van der Waals surface area contributed by atoms with Gasteiger partial charge in [0.15, 0.2) is 0 Å². The van der Waals surface area contributed by atoms with Gasteiger partial charge in [0.25, 0.3) is 0 Å². The van der Waals surface area contributed by atoms with Crippen LogP contribution in [0.1, 0.15) is 15.2 Å². The lowest BCUT2D eigenvalue weighted by atomic mass is 10.2. The van der Waals surface area contributed by atoms with E-state index in [1.165, 1.54) is 12.1 Å². The van der Waals surface area contributed by atoms with Gasteiger partial charge in [-0.2, -0.15) is 0 Å². The molecule has 0 spiro atoms. The summed E-state index contributed by atoms with van der Waals surface area (Å²) < 4.78 is 26.6. The van der Waals surface area contributed by atoms with Gasteiger partial charge in [-0.3, -0.25) is 0 Å². The topological polar surface area (TPSA) is 83.5 Å². The van der Waals surface area contributed by atoms with Gasteiger partial charge in [0.2, 0.25) is 10.0 Å². The van der Waals surface area contributed by atoms with Crippen LogP contribution < -0.4 is 4.72 Å². The number of carboxylic acids is 1. The zero-order chi connectivity index (χ0) is 15.5. The van der Waals surface area contributed by atoms with Crippen LogP contribution in [0.25, 0.3) is 0 Å². The molecular formula is C13H12ClNO4S2. The summed E-state index contributed by atoms with van der Waals surface area (Å²) in [6.07, 6.45) is 0.595. The number of halogens is 1. The van der Waals surface area contributed by atoms with Crippen molar-refractivity contribution < 1.29 is 18.3 Å². The van der Waals surface area contributed by atoms with E-state index in [2.05, 4.69) is 4.72 Å². The number of carboxylic acid groups (broad SMARTS) is 1. The maximum Gasteiger partial charge on any atom is 0.337 e. The van der Waals surface area contributed by atoms with Crippen molar-refractivity contribution in [2.45, 2.75) is 11.3 Å². The van der Waals surface area contributed by atoms with Gasteiger partial charge in [0, 0.05) is 11.4 Å². The average Bonchev–Trinajstić information content (AvgIpc) is 2.91. The number of benzene rings is 1. The van der Waals surface area contributed by atoms with Crippen LogP contribution in [0.3, 0.4) is 0 Å². The summed E-state index contributed by atoms with van der Waals surface area (Å²) in [5.41, 5.74) is -0.130. The number of carbonyl (C=O) groups is 1. The number of nitrogens with one attached hydrogen (secondary N) is 1. The maximum atomic E-state index is 12.1. The van der Waals surface area contributed by atoms with E-state index in [0.717, 1.165) is 10.9 Å². The molecule has 0 radical (unpaired) electrons. The molecule has 0 aliphatic carbocycles. The van der Waals surface area contributed by atoms with Crippen molar-refractivity contribution in [1.82, 2.24) is 4.72 Å². The molecule has 0 fully saturated rings. The smallest absolute Gasteiger partial charge is 0.337 e. The first-order chi connectivity index (χ1) is 9.90. The summed E-state index contributed by atoms with van der Waals surface area (Å²) in [6.45, 7) is 0.265. The second-order valence-corrected chi connectivity index (χ2v) is 7.38. The molecule has 8 heteroatoms. The molecule has 0 atom stereocenters. The standard InChI is InChI=1S/C13H12ClNO4S2/c14-12-8-10(3-4-11(12)13(16)17)21(18,19)15-6-5-9-2-1-7-20-9/h1-4,7-8,15H,5-6H2,(H,16,17). The first kappa shape index (κ1) is 16.0. The number of thiophene rings is 1. The maximum absolute atomic E-state index is 12.1. The molecule has 0 saturated carbocycles. The highest BCUT2D eigenvalue weighted by molar-refractivity contribution is 7.89. The van der Waals surface area contributed by atoms with Gasteiger partial charge in [0.05, 0.1) is 15.5 Å². The van der Waals surface area contributed by atoms with Crippen LogP contribution in [0.2, 0.25) is 5.02 Å². The monoisotopic (exact) mass is 345 g/mol. The molecule has 0 bridgehead atoms. The molecule has 112 valence electrons. The van der Waals surface area contributed by atoms with Gasteiger partial charge in [-0.15, -0.1) is 11.3 Å². The third-order valence-electron chi connectivity index (χ3n) is 2.72. The summed E-state index contributed by atoms with van der Waals surface area (Å²) in [5, 5.41) is 10.7. The molecule has 0 saturated heterocycles. The summed E-state index contributed by atoms with van der Waals surface area (Å²) in [4.78, 5) is 11.9. The fourth-order valence-electron chi connectivity index (χ4n) is 1.68. The van der Waals surface area contributed by atoms with E-state index in [1.807, 2.05) is 17.5 Å². The van der Waals surface area contributed by atoms with Crippen molar-refractivity contribution in [2.24, 2.45) is 0 Å². The highest BCUT2D eigenvalue weighted by atomic mass is 35.5. The minimum absolute atomic E-state index is 0.0521. The molecule has 0 aliphatic rings. The summed E-state index contributed by atoms with van der Waals surface area (Å²) in [5.74, 6) is -1.20. The van der Waals surface area contributed by atoms with Crippen LogP contribution >= 0.6 is 22.9 Å². The van der Waals surface area contributed by atoms with Gasteiger partial charge < -0.3 is 5.11 Å². The van der Waals surface area contributed by atoms with Crippen molar-refractivity contribution in [3.8, 4) is 0 Å². The van der Waals surface area contributed by atoms with Gasteiger partial charge >= 0.3 is 5.97 Å². The minimum Gasteiger partial charge on any atom is -0.478 e. The van der Waals surface area contributed by atoms with E-state index in [9.17, 15) is 13.2 Å². The Labute approximate surface area is 131 Å². The van der Waals surface area contributed by atoms with Crippen LogP contribution in [0.4, 0.5) is 0 Å². The predicted molar refractivity (Wildman–Crippen MR) is 81.6 cm³/mol. The second kappa shape index (κ2) is 6.57. The van der Waals surface area contributed by atoms with Crippen LogP contribution in [-0.2, 0) is 16.4 Å². The Hall–Kier alpha value is -1.41. The van der Waals surface area contributed by atoms with Crippen molar-refractivity contribution in [3.63, 3.8) is 0 Å². The van der Waals surface area contributed by atoms with E-state index in [-0.39, 0.29) is 22.0 Å². The number of rotatable bonds is 6.